The standard InChI is InChI=1S/C8H3Cl3F6Ge/c9-18(10,11)6-2-4(7(12,13)14)1-5(3-6)8(15,16)17/h1-3H. The zero-order chi connectivity index (χ0) is 14.4. The fourth-order valence-electron chi connectivity index (χ4n) is 1.12. The van der Waals surface area contributed by atoms with Crippen LogP contribution in [0.3, 0.4) is 0 Å². The van der Waals surface area contributed by atoms with Crippen molar-refractivity contribution in [1.29, 1.82) is 0 Å². The Balaban J connectivity index is 3.49. The summed E-state index contributed by atoms with van der Waals surface area (Å²) in [6.45, 7) is 0. The van der Waals surface area contributed by atoms with Gasteiger partial charge in [-0.1, -0.05) is 0 Å². The fraction of sp³-hybridized carbons (Fsp3) is 0.250. The molecule has 0 spiro atoms. The van der Waals surface area contributed by atoms with E-state index in [1.54, 1.807) is 0 Å². The maximum atomic E-state index is 12.4. The molecule has 0 radical (unpaired) electrons. The van der Waals surface area contributed by atoms with E-state index in [0.717, 1.165) is 0 Å². The molecule has 0 heterocycles. The Kier molecular flexibility index (Phi) is 4.48. The summed E-state index contributed by atoms with van der Waals surface area (Å²) in [6.07, 6.45) is -9.87. The average Bonchev–Trinajstić information content (AvgIpc) is 2.13. The summed E-state index contributed by atoms with van der Waals surface area (Å²) in [5, 5.41) is 0. The summed E-state index contributed by atoms with van der Waals surface area (Å²) in [5.74, 6) is 0. The van der Waals surface area contributed by atoms with E-state index < -0.39 is 38.4 Å². The molecule has 0 atom stereocenters. The van der Waals surface area contributed by atoms with Crippen LogP contribution >= 0.6 is 30.0 Å². The first-order valence-electron chi connectivity index (χ1n) is 4.18. The van der Waals surface area contributed by atoms with Gasteiger partial charge in [0.2, 0.25) is 0 Å². The first kappa shape index (κ1) is 16.3. The zero-order valence-corrected chi connectivity index (χ0v) is 12.5. The van der Waals surface area contributed by atoms with Crippen molar-refractivity contribution in [1.82, 2.24) is 0 Å². The van der Waals surface area contributed by atoms with E-state index in [4.69, 9.17) is 30.0 Å². The Morgan fingerprint density at radius 3 is 1.28 bits per heavy atom. The predicted molar refractivity (Wildman–Crippen MR) is 59.4 cm³/mol. The number of hydrogen-bond acceptors (Lipinski definition) is 0. The topological polar surface area (TPSA) is 0 Å². The van der Waals surface area contributed by atoms with Crippen molar-refractivity contribution in [3.8, 4) is 0 Å². The van der Waals surface area contributed by atoms with Crippen molar-refractivity contribution in [2.75, 3.05) is 0 Å². The van der Waals surface area contributed by atoms with Crippen LogP contribution in [-0.2, 0) is 12.4 Å². The van der Waals surface area contributed by atoms with Crippen molar-refractivity contribution < 1.29 is 26.3 Å². The van der Waals surface area contributed by atoms with Gasteiger partial charge in [-0.05, 0) is 0 Å². The third kappa shape index (κ3) is 4.11. The SMILES string of the molecule is FC(F)(F)c1cc(C(F)(F)F)c[c]([Ge]([Cl])([Cl])[Cl])c1. The van der Waals surface area contributed by atoms with Gasteiger partial charge < -0.3 is 0 Å². The summed E-state index contributed by atoms with van der Waals surface area (Å²) in [5.41, 5.74) is -2.96. The summed E-state index contributed by atoms with van der Waals surface area (Å²) < 4.78 is 74.2. The van der Waals surface area contributed by atoms with Gasteiger partial charge in [0.25, 0.3) is 0 Å². The molecule has 1 aromatic rings. The Morgan fingerprint density at radius 1 is 0.722 bits per heavy atom. The Bertz CT molecular complexity index is 369. The van der Waals surface area contributed by atoms with E-state index >= 15 is 0 Å². The van der Waals surface area contributed by atoms with Gasteiger partial charge in [-0.3, -0.25) is 0 Å². The number of rotatable bonds is 1. The van der Waals surface area contributed by atoms with E-state index in [1.165, 1.54) is 0 Å². The molecule has 0 aliphatic carbocycles. The fourth-order valence-corrected chi connectivity index (χ4v) is 4.16. The van der Waals surface area contributed by atoms with Gasteiger partial charge in [-0.25, -0.2) is 0 Å². The molecular weight excluding hydrogens is 389 g/mol. The molecule has 0 amide bonds. The molecule has 0 unspecified atom stereocenters. The molecule has 0 nitrogen and oxygen atoms in total. The molecule has 18 heavy (non-hydrogen) atoms. The monoisotopic (exact) mass is 392 g/mol. The van der Waals surface area contributed by atoms with E-state index in [9.17, 15) is 26.3 Å². The first-order chi connectivity index (χ1) is 7.82. The molecule has 1 aromatic carbocycles. The van der Waals surface area contributed by atoms with Gasteiger partial charge >= 0.3 is 113 Å². The van der Waals surface area contributed by atoms with Crippen molar-refractivity contribution in [3.63, 3.8) is 0 Å². The van der Waals surface area contributed by atoms with E-state index in [1.807, 2.05) is 0 Å². The Hall–Kier alpha value is 0.213. The van der Waals surface area contributed by atoms with Crippen LogP contribution in [0.4, 0.5) is 26.3 Å². The van der Waals surface area contributed by atoms with Crippen molar-refractivity contribution in [2.45, 2.75) is 12.4 Å². The molecule has 0 aliphatic heterocycles. The number of halogens is 9. The van der Waals surface area contributed by atoms with Crippen LogP contribution in [0.1, 0.15) is 11.1 Å². The molecule has 10 heteroatoms. The van der Waals surface area contributed by atoms with E-state index in [2.05, 4.69) is 0 Å². The van der Waals surface area contributed by atoms with Crippen LogP contribution in [-0.4, -0.2) is 10.5 Å². The molecule has 0 saturated heterocycles. The predicted octanol–water partition coefficient (Wildman–Crippen LogP) is 4.59. The van der Waals surface area contributed by atoms with Gasteiger partial charge in [-0.15, -0.1) is 0 Å². The minimum absolute atomic E-state index is 0.0118. The van der Waals surface area contributed by atoms with Crippen LogP contribution in [0, 0.1) is 0 Å². The van der Waals surface area contributed by atoms with Crippen LogP contribution in [0.15, 0.2) is 18.2 Å². The second-order valence-electron chi connectivity index (χ2n) is 3.29. The van der Waals surface area contributed by atoms with Gasteiger partial charge in [0.15, 0.2) is 0 Å². The normalized spacial score (nSPS) is 13.8. The summed E-state index contributed by atoms with van der Waals surface area (Å²) in [7, 11) is 12.1. The third-order valence-electron chi connectivity index (χ3n) is 1.91. The molecule has 102 valence electrons. The molecule has 0 aliphatic rings. The number of alkyl halides is 6. The molecular formula is C8H3Cl3F6Ge. The average molecular weight is 392 g/mol. The first-order valence-corrected chi connectivity index (χ1v) is 13.5. The van der Waals surface area contributed by atoms with Gasteiger partial charge in [0.1, 0.15) is 0 Å². The minimum atomic E-state index is -4.94. The van der Waals surface area contributed by atoms with Crippen molar-refractivity contribution in [3.05, 3.63) is 29.3 Å². The Morgan fingerprint density at radius 2 is 1.06 bits per heavy atom. The molecule has 0 aromatic heterocycles. The van der Waals surface area contributed by atoms with Crippen LogP contribution in [0.5, 0.6) is 0 Å². The van der Waals surface area contributed by atoms with Crippen LogP contribution in [0.25, 0.3) is 0 Å². The molecule has 0 bridgehead atoms. The quantitative estimate of drug-likeness (QED) is 0.485. The maximum absolute atomic E-state index is 12.4. The molecule has 0 fully saturated rings. The second-order valence-corrected chi connectivity index (χ2v) is 18.4. The second kappa shape index (κ2) is 4.96. The number of benzene rings is 1. The summed E-state index contributed by atoms with van der Waals surface area (Å²) in [6, 6.07) is 0.882. The van der Waals surface area contributed by atoms with Crippen molar-refractivity contribution in [2.24, 2.45) is 0 Å². The molecule has 0 saturated carbocycles. The summed E-state index contributed by atoms with van der Waals surface area (Å²) in [4.78, 5) is 0. The van der Waals surface area contributed by atoms with Gasteiger partial charge in [0, 0.05) is 0 Å². The summed E-state index contributed by atoms with van der Waals surface area (Å²) >= 11 is 0. The van der Waals surface area contributed by atoms with Crippen LogP contribution < -0.4 is 4.40 Å². The Labute approximate surface area is 113 Å². The van der Waals surface area contributed by atoms with Crippen molar-refractivity contribution >= 4 is 44.9 Å². The van der Waals surface area contributed by atoms with Crippen LogP contribution in [0.2, 0.25) is 0 Å². The van der Waals surface area contributed by atoms with E-state index in [-0.39, 0.29) is 6.07 Å². The third-order valence-corrected chi connectivity index (χ3v) is 7.30. The number of hydrogen-bond donors (Lipinski definition) is 0. The molecule has 0 N–H and O–H groups in total. The van der Waals surface area contributed by atoms with Gasteiger partial charge in [0.05, 0.1) is 0 Å². The van der Waals surface area contributed by atoms with Gasteiger partial charge in [-0.2, -0.15) is 0 Å². The molecule has 1 rings (SSSR count). The zero-order valence-electron chi connectivity index (χ0n) is 8.13. The van der Waals surface area contributed by atoms with E-state index in [0.29, 0.717) is 12.1 Å².